The van der Waals surface area contributed by atoms with E-state index in [0.717, 1.165) is 54.9 Å². The average molecular weight is 516 g/mol. The Labute approximate surface area is 221 Å². The molecule has 190 valence electrons. The highest BCUT2D eigenvalue weighted by Crippen LogP contribution is 2.30. The summed E-state index contributed by atoms with van der Waals surface area (Å²) in [5.41, 5.74) is 4.85. The number of anilines is 3. The van der Waals surface area contributed by atoms with Crippen LogP contribution in [0.1, 0.15) is 11.1 Å². The number of likely N-dealkylation sites (N-methyl/N-ethyl adjacent to an activating group) is 1. The number of carbonyl (C=O) groups excluding carboxylic acids is 1. The summed E-state index contributed by atoms with van der Waals surface area (Å²) in [7, 11) is 2.17. The van der Waals surface area contributed by atoms with Crippen LogP contribution in [0.4, 0.5) is 17.3 Å². The van der Waals surface area contributed by atoms with E-state index in [0.29, 0.717) is 22.5 Å². The number of hydrogen-bond donors (Lipinski definition) is 2. The molecule has 2 N–H and O–H groups in total. The summed E-state index contributed by atoms with van der Waals surface area (Å²) in [4.78, 5) is 25.7. The van der Waals surface area contributed by atoms with Gasteiger partial charge < -0.3 is 15.5 Å². The number of carbonyl (C=O) groups is 1. The Kier molecular flexibility index (Phi) is 7.23. The molecule has 8 nitrogen and oxygen atoms in total. The van der Waals surface area contributed by atoms with E-state index >= 15 is 0 Å². The highest BCUT2D eigenvalue weighted by atomic mass is 35.5. The van der Waals surface area contributed by atoms with Crippen molar-refractivity contribution in [3.05, 3.63) is 83.7 Å². The molecule has 5 rings (SSSR count). The maximum absolute atomic E-state index is 11.7. The first-order valence-electron chi connectivity index (χ1n) is 12.2. The molecule has 0 bridgehead atoms. The zero-order valence-corrected chi connectivity index (χ0v) is 21.8. The van der Waals surface area contributed by atoms with Crippen LogP contribution < -0.4 is 10.6 Å². The van der Waals surface area contributed by atoms with Gasteiger partial charge in [-0.05, 0) is 61.5 Å². The summed E-state index contributed by atoms with van der Waals surface area (Å²) in [6.07, 6.45) is 4.83. The fourth-order valence-electron chi connectivity index (χ4n) is 4.52. The molecule has 2 aromatic heterocycles. The van der Waals surface area contributed by atoms with Crippen LogP contribution >= 0.6 is 11.6 Å². The minimum absolute atomic E-state index is 0.252. The Bertz CT molecular complexity index is 1440. The SMILES string of the molecule is C=CC(=O)Nc1ccc2c(c1)c(C)cn2-c1nc(Nc2ccc(CN3CCN(C)CC3)cc2)ncc1Cl. The van der Waals surface area contributed by atoms with Gasteiger partial charge in [-0.15, -0.1) is 0 Å². The molecule has 0 unspecified atom stereocenters. The van der Waals surface area contributed by atoms with E-state index in [2.05, 4.69) is 63.3 Å². The van der Waals surface area contributed by atoms with Gasteiger partial charge in [-0.1, -0.05) is 30.3 Å². The summed E-state index contributed by atoms with van der Waals surface area (Å²) >= 11 is 6.54. The van der Waals surface area contributed by atoms with E-state index in [9.17, 15) is 4.79 Å². The smallest absolute Gasteiger partial charge is 0.247 e. The molecule has 1 saturated heterocycles. The Morgan fingerprint density at radius 1 is 1.11 bits per heavy atom. The average Bonchev–Trinajstić information content (AvgIpc) is 3.23. The van der Waals surface area contributed by atoms with Gasteiger partial charge in [-0.3, -0.25) is 14.3 Å². The minimum atomic E-state index is -0.252. The second-order valence-electron chi connectivity index (χ2n) is 9.37. The van der Waals surface area contributed by atoms with Crippen LogP contribution in [-0.2, 0) is 11.3 Å². The lowest BCUT2D eigenvalue weighted by molar-refractivity contribution is -0.111. The van der Waals surface area contributed by atoms with Gasteiger partial charge >= 0.3 is 0 Å². The zero-order chi connectivity index (χ0) is 25.9. The first-order chi connectivity index (χ1) is 17.9. The lowest BCUT2D eigenvalue weighted by atomic mass is 10.2. The largest absolute Gasteiger partial charge is 0.324 e. The molecule has 0 spiro atoms. The third kappa shape index (κ3) is 5.67. The molecule has 1 amide bonds. The number of hydrogen-bond acceptors (Lipinski definition) is 6. The maximum Gasteiger partial charge on any atom is 0.247 e. The summed E-state index contributed by atoms with van der Waals surface area (Å²) < 4.78 is 1.94. The summed E-state index contributed by atoms with van der Waals surface area (Å²) in [5, 5.41) is 7.53. The van der Waals surface area contributed by atoms with E-state index in [1.54, 1.807) is 6.20 Å². The molecule has 37 heavy (non-hydrogen) atoms. The van der Waals surface area contributed by atoms with E-state index in [1.807, 2.05) is 35.9 Å². The molecule has 0 radical (unpaired) electrons. The molecule has 2 aromatic carbocycles. The van der Waals surface area contributed by atoms with E-state index in [1.165, 1.54) is 11.6 Å². The number of aromatic nitrogens is 3. The molecular weight excluding hydrogens is 486 g/mol. The second kappa shape index (κ2) is 10.7. The number of fused-ring (bicyclic) bond motifs is 1. The van der Waals surface area contributed by atoms with Crippen molar-refractivity contribution in [1.82, 2.24) is 24.3 Å². The van der Waals surface area contributed by atoms with Crippen LogP contribution in [0.25, 0.3) is 16.7 Å². The van der Waals surface area contributed by atoms with Crippen molar-refractivity contribution in [2.24, 2.45) is 0 Å². The highest BCUT2D eigenvalue weighted by Gasteiger charge is 2.15. The van der Waals surface area contributed by atoms with Gasteiger partial charge in [0.1, 0.15) is 5.02 Å². The number of nitrogens with one attached hydrogen (secondary N) is 2. The van der Waals surface area contributed by atoms with Crippen LogP contribution in [0.5, 0.6) is 0 Å². The van der Waals surface area contributed by atoms with Crippen molar-refractivity contribution in [3.8, 4) is 5.82 Å². The summed E-state index contributed by atoms with van der Waals surface area (Å²) in [6.45, 7) is 10.9. The number of piperazine rings is 1. The molecular formula is C28H30ClN7O. The number of rotatable bonds is 7. The van der Waals surface area contributed by atoms with Crippen molar-refractivity contribution < 1.29 is 4.79 Å². The summed E-state index contributed by atoms with van der Waals surface area (Å²) in [5.74, 6) is 0.783. The van der Waals surface area contributed by atoms with Gasteiger partial charge in [0.15, 0.2) is 5.82 Å². The lowest BCUT2D eigenvalue weighted by Crippen LogP contribution is -2.43. The minimum Gasteiger partial charge on any atom is -0.324 e. The number of amides is 1. The van der Waals surface area contributed by atoms with Gasteiger partial charge in [0, 0.05) is 55.7 Å². The van der Waals surface area contributed by atoms with Crippen LogP contribution in [0, 0.1) is 6.92 Å². The Morgan fingerprint density at radius 3 is 2.57 bits per heavy atom. The van der Waals surface area contributed by atoms with Crippen LogP contribution in [0.2, 0.25) is 5.02 Å². The number of halogens is 1. The Hall–Kier alpha value is -3.72. The monoisotopic (exact) mass is 515 g/mol. The third-order valence-electron chi connectivity index (χ3n) is 6.62. The fraction of sp³-hybridized carbons (Fsp3) is 0.250. The Morgan fingerprint density at radius 2 is 1.84 bits per heavy atom. The predicted molar refractivity (Wildman–Crippen MR) is 150 cm³/mol. The van der Waals surface area contributed by atoms with Crippen molar-refractivity contribution in [1.29, 1.82) is 0 Å². The predicted octanol–water partition coefficient (Wildman–Crippen LogP) is 5.00. The quantitative estimate of drug-likeness (QED) is 0.337. The molecule has 1 aliphatic rings. The van der Waals surface area contributed by atoms with Crippen LogP contribution in [0.3, 0.4) is 0 Å². The second-order valence-corrected chi connectivity index (χ2v) is 9.78. The molecule has 0 saturated carbocycles. The fourth-order valence-corrected chi connectivity index (χ4v) is 4.70. The first-order valence-corrected chi connectivity index (χ1v) is 12.6. The normalized spacial score (nSPS) is 14.6. The maximum atomic E-state index is 11.7. The molecule has 0 aliphatic carbocycles. The third-order valence-corrected chi connectivity index (χ3v) is 6.89. The Balaban J connectivity index is 1.35. The van der Waals surface area contributed by atoms with Crippen LogP contribution in [0.15, 0.2) is 67.5 Å². The first kappa shape index (κ1) is 25.0. The molecule has 1 fully saturated rings. The molecule has 3 heterocycles. The van der Waals surface area contributed by atoms with Crippen molar-refractivity contribution >= 4 is 45.7 Å². The number of nitrogens with zero attached hydrogens (tertiary/aromatic N) is 5. The van der Waals surface area contributed by atoms with E-state index in [-0.39, 0.29) is 5.91 Å². The zero-order valence-electron chi connectivity index (χ0n) is 21.0. The van der Waals surface area contributed by atoms with Gasteiger partial charge in [-0.25, -0.2) is 4.98 Å². The number of aryl methyl sites for hydroxylation is 1. The molecule has 0 atom stereocenters. The van der Waals surface area contributed by atoms with Crippen molar-refractivity contribution in [2.45, 2.75) is 13.5 Å². The molecule has 4 aromatic rings. The molecule has 1 aliphatic heterocycles. The van der Waals surface area contributed by atoms with Gasteiger partial charge in [0.25, 0.3) is 0 Å². The standard InChI is InChI=1S/C28H30ClN7O/c1-4-26(37)31-22-9-10-25-23(15-22)19(2)17-36(25)27-24(29)16-30-28(33-27)32-21-7-5-20(6-8-21)18-35-13-11-34(3)12-14-35/h4-10,15-17H,1,11-14,18H2,2-3H3,(H,31,37)(H,30,32,33). The van der Waals surface area contributed by atoms with E-state index in [4.69, 9.17) is 16.6 Å². The van der Waals surface area contributed by atoms with Crippen molar-refractivity contribution in [2.75, 3.05) is 43.9 Å². The van der Waals surface area contributed by atoms with Gasteiger partial charge in [0.05, 0.1) is 11.7 Å². The van der Waals surface area contributed by atoms with Gasteiger partial charge in [-0.2, -0.15) is 4.98 Å². The number of benzene rings is 2. The summed E-state index contributed by atoms with van der Waals surface area (Å²) in [6, 6.07) is 14.1. The highest BCUT2D eigenvalue weighted by molar-refractivity contribution is 6.32. The van der Waals surface area contributed by atoms with E-state index < -0.39 is 0 Å². The van der Waals surface area contributed by atoms with Gasteiger partial charge in [0.2, 0.25) is 11.9 Å². The van der Waals surface area contributed by atoms with Crippen LogP contribution in [-0.4, -0.2) is 63.5 Å². The molecule has 9 heteroatoms. The van der Waals surface area contributed by atoms with Crippen molar-refractivity contribution in [3.63, 3.8) is 0 Å². The lowest BCUT2D eigenvalue weighted by Gasteiger charge is -2.32. The topological polar surface area (TPSA) is 78.3 Å².